The highest BCUT2D eigenvalue weighted by Gasteiger charge is 2.24. The van der Waals surface area contributed by atoms with E-state index in [0.717, 1.165) is 17.2 Å². The topological polar surface area (TPSA) is 0 Å². The summed E-state index contributed by atoms with van der Waals surface area (Å²) in [4.78, 5) is 0. The Kier molecular flexibility index (Phi) is 4.22. The third kappa shape index (κ3) is 2.86. The molecule has 1 saturated carbocycles. The van der Waals surface area contributed by atoms with E-state index < -0.39 is 0 Å². The molecule has 0 aromatic heterocycles. The molecule has 0 aliphatic heterocycles. The molecule has 1 aliphatic rings. The lowest BCUT2D eigenvalue weighted by atomic mass is 9.86. The van der Waals surface area contributed by atoms with E-state index in [1.807, 2.05) is 0 Å². The zero-order valence-electron chi connectivity index (χ0n) is 11.3. The van der Waals surface area contributed by atoms with Crippen molar-refractivity contribution in [2.75, 3.05) is 5.33 Å². The van der Waals surface area contributed by atoms with Crippen LogP contribution in [0.1, 0.15) is 31.2 Å². The van der Waals surface area contributed by atoms with Crippen LogP contribution in [0.15, 0.2) is 42.5 Å². The summed E-state index contributed by atoms with van der Waals surface area (Å²) in [6, 6.07) is 15.5. The average Bonchev–Trinajstić information content (AvgIpc) is 2.99. The maximum Gasteiger partial charge on any atom is 0.00655 e. The number of benzene rings is 2. The lowest BCUT2D eigenvalue weighted by molar-refractivity contribution is 0.374. The Labute approximate surface area is 124 Å². The van der Waals surface area contributed by atoms with E-state index in [1.54, 1.807) is 0 Å². The van der Waals surface area contributed by atoms with E-state index in [4.69, 9.17) is 0 Å². The number of alkyl halides is 1. The van der Waals surface area contributed by atoms with Gasteiger partial charge in [-0.1, -0.05) is 84.1 Å². The average molecular weight is 317 g/mol. The van der Waals surface area contributed by atoms with Gasteiger partial charge < -0.3 is 0 Å². The monoisotopic (exact) mass is 316 g/mol. The SMILES string of the molecule is BrCC(Cc1cccc2ccccc12)C1CCCC1. The molecule has 1 atom stereocenters. The fraction of sp³-hybridized carbons (Fsp3) is 0.444. The second-order valence-corrected chi connectivity index (χ2v) is 6.45. The first-order valence-electron chi connectivity index (χ1n) is 7.41. The van der Waals surface area contributed by atoms with Crippen molar-refractivity contribution in [2.24, 2.45) is 11.8 Å². The molecule has 0 heterocycles. The van der Waals surface area contributed by atoms with Gasteiger partial charge in [-0.05, 0) is 34.6 Å². The lowest BCUT2D eigenvalue weighted by Gasteiger charge is -2.22. The van der Waals surface area contributed by atoms with Gasteiger partial charge in [0.2, 0.25) is 0 Å². The molecule has 1 fully saturated rings. The maximum absolute atomic E-state index is 3.75. The van der Waals surface area contributed by atoms with Gasteiger partial charge in [0.05, 0.1) is 0 Å². The first-order chi connectivity index (χ1) is 9.38. The summed E-state index contributed by atoms with van der Waals surface area (Å²) in [5.41, 5.74) is 1.52. The summed E-state index contributed by atoms with van der Waals surface area (Å²) in [7, 11) is 0. The number of hydrogen-bond donors (Lipinski definition) is 0. The molecular formula is C18H21Br. The van der Waals surface area contributed by atoms with Crippen molar-refractivity contribution in [2.45, 2.75) is 32.1 Å². The molecule has 0 radical (unpaired) electrons. The largest absolute Gasteiger partial charge is 0.0925 e. The predicted molar refractivity (Wildman–Crippen MR) is 86.9 cm³/mol. The molecule has 0 spiro atoms. The van der Waals surface area contributed by atoms with Gasteiger partial charge in [0.1, 0.15) is 0 Å². The Hall–Kier alpha value is -0.820. The standard InChI is InChI=1S/C18H21Br/c19-13-17(14-6-1-2-7-14)12-16-10-5-9-15-8-3-4-11-18(15)16/h3-5,8-11,14,17H,1-2,6-7,12-13H2. The second kappa shape index (κ2) is 6.09. The van der Waals surface area contributed by atoms with Crippen molar-refractivity contribution in [1.29, 1.82) is 0 Å². The maximum atomic E-state index is 3.75. The van der Waals surface area contributed by atoms with Crippen molar-refractivity contribution >= 4 is 26.7 Å². The summed E-state index contributed by atoms with van der Waals surface area (Å²) in [5.74, 6) is 1.73. The molecule has 3 rings (SSSR count). The third-order valence-electron chi connectivity index (χ3n) is 4.63. The fourth-order valence-corrected chi connectivity index (χ4v) is 4.29. The number of fused-ring (bicyclic) bond motifs is 1. The van der Waals surface area contributed by atoms with Crippen LogP contribution in [0, 0.1) is 11.8 Å². The van der Waals surface area contributed by atoms with Gasteiger partial charge in [0.25, 0.3) is 0 Å². The zero-order valence-corrected chi connectivity index (χ0v) is 12.9. The van der Waals surface area contributed by atoms with Crippen LogP contribution in [0.25, 0.3) is 10.8 Å². The van der Waals surface area contributed by atoms with Crippen LogP contribution in [0.2, 0.25) is 0 Å². The molecule has 1 heteroatoms. The Morgan fingerprint density at radius 1 is 1.00 bits per heavy atom. The van der Waals surface area contributed by atoms with Gasteiger partial charge in [-0.3, -0.25) is 0 Å². The summed E-state index contributed by atoms with van der Waals surface area (Å²) >= 11 is 3.75. The van der Waals surface area contributed by atoms with Crippen molar-refractivity contribution < 1.29 is 0 Å². The highest BCUT2D eigenvalue weighted by atomic mass is 79.9. The van der Waals surface area contributed by atoms with Gasteiger partial charge >= 0.3 is 0 Å². The molecule has 2 aromatic carbocycles. The zero-order chi connectivity index (χ0) is 13.1. The molecule has 0 saturated heterocycles. The first-order valence-corrected chi connectivity index (χ1v) is 8.53. The molecule has 0 bridgehead atoms. The Morgan fingerprint density at radius 2 is 1.74 bits per heavy atom. The van der Waals surface area contributed by atoms with Gasteiger partial charge in [-0.15, -0.1) is 0 Å². The van der Waals surface area contributed by atoms with E-state index in [-0.39, 0.29) is 0 Å². The molecule has 0 N–H and O–H groups in total. The molecule has 2 aromatic rings. The van der Waals surface area contributed by atoms with Gasteiger partial charge in [0, 0.05) is 5.33 Å². The molecular weight excluding hydrogens is 296 g/mol. The van der Waals surface area contributed by atoms with Gasteiger partial charge in [-0.25, -0.2) is 0 Å². The summed E-state index contributed by atoms with van der Waals surface area (Å²) in [6.07, 6.45) is 6.95. The van der Waals surface area contributed by atoms with Crippen LogP contribution >= 0.6 is 15.9 Å². The molecule has 1 unspecified atom stereocenters. The van der Waals surface area contributed by atoms with Crippen LogP contribution in [0.4, 0.5) is 0 Å². The normalized spacial score (nSPS) is 17.9. The summed E-state index contributed by atoms with van der Waals surface area (Å²) in [6.45, 7) is 0. The van der Waals surface area contributed by atoms with E-state index in [1.165, 1.54) is 48.4 Å². The van der Waals surface area contributed by atoms with E-state index in [9.17, 15) is 0 Å². The van der Waals surface area contributed by atoms with Crippen LogP contribution in [0.5, 0.6) is 0 Å². The Balaban J connectivity index is 1.87. The Bertz CT molecular complexity index is 535. The minimum absolute atomic E-state index is 0.799. The van der Waals surface area contributed by atoms with Crippen LogP contribution in [-0.2, 0) is 6.42 Å². The van der Waals surface area contributed by atoms with E-state index in [0.29, 0.717) is 0 Å². The minimum Gasteiger partial charge on any atom is -0.0925 e. The van der Waals surface area contributed by atoms with E-state index in [2.05, 4.69) is 58.4 Å². The molecule has 1 aliphatic carbocycles. The molecule has 0 nitrogen and oxygen atoms in total. The second-order valence-electron chi connectivity index (χ2n) is 5.80. The summed E-state index contributed by atoms with van der Waals surface area (Å²) < 4.78 is 0. The number of rotatable bonds is 4. The van der Waals surface area contributed by atoms with Crippen LogP contribution in [-0.4, -0.2) is 5.33 Å². The summed E-state index contributed by atoms with van der Waals surface area (Å²) in [5, 5.41) is 3.95. The quantitative estimate of drug-likeness (QED) is 0.645. The smallest absolute Gasteiger partial charge is 0.00655 e. The molecule has 19 heavy (non-hydrogen) atoms. The van der Waals surface area contributed by atoms with E-state index >= 15 is 0 Å². The molecule has 0 amide bonds. The fourth-order valence-electron chi connectivity index (χ4n) is 3.53. The van der Waals surface area contributed by atoms with Crippen molar-refractivity contribution in [1.82, 2.24) is 0 Å². The number of hydrogen-bond acceptors (Lipinski definition) is 0. The number of halogens is 1. The van der Waals surface area contributed by atoms with Gasteiger partial charge in [-0.2, -0.15) is 0 Å². The van der Waals surface area contributed by atoms with Crippen molar-refractivity contribution in [3.05, 3.63) is 48.0 Å². The first kappa shape index (κ1) is 13.2. The highest BCUT2D eigenvalue weighted by molar-refractivity contribution is 9.09. The lowest BCUT2D eigenvalue weighted by Crippen LogP contribution is -2.16. The Morgan fingerprint density at radius 3 is 2.53 bits per heavy atom. The van der Waals surface area contributed by atoms with Crippen molar-refractivity contribution in [3.8, 4) is 0 Å². The minimum atomic E-state index is 0.799. The van der Waals surface area contributed by atoms with Crippen LogP contribution in [0.3, 0.4) is 0 Å². The third-order valence-corrected chi connectivity index (χ3v) is 5.46. The van der Waals surface area contributed by atoms with Crippen molar-refractivity contribution in [3.63, 3.8) is 0 Å². The molecule has 100 valence electrons. The highest BCUT2D eigenvalue weighted by Crippen LogP contribution is 2.35. The van der Waals surface area contributed by atoms with Gasteiger partial charge in [0.15, 0.2) is 0 Å². The van der Waals surface area contributed by atoms with Crippen LogP contribution < -0.4 is 0 Å². The predicted octanol–water partition coefficient (Wildman–Crippen LogP) is 5.58.